The van der Waals surface area contributed by atoms with Crippen LogP contribution in [0, 0.1) is 10.1 Å². The van der Waals surface area contributed by atoms with E-state index in [9.17, 15) is 10.1 Å². The topological polar surface area (TPSA) is 113 Å². The fourth-order valence-corrected chi connectivity index (χ4v) is 2.64. The molecule has 0 saturated carbocycles. The number of rotatable bonds is 5. The van der Waals surface area contributed by atoms with Crippen molar-refractivity contribution in [1.29, 1.82) is 0 Å². The minimum Gasteiger partial charge on any atom is -0.434 e. The Morgan fingerprint density at radius 3 is 2.81 bits per heavy atom. The maximum atomic E-state index is 11.0. The third-order valence-corrected chi connectivity index (χ3v) is 3.92. The van der Waals surface area contributed by atoms with E-state index < -0.39 is 4.92 Å². The SMILES string of the molecule is O=[N+]([O-])c1cccnc1Oc1ccc(-c2noc(C3CCCO3)n2)cc1. The van der Waals surface area contributed by atoms with Gasteiger partial charge in [-0.15, -0.1) is 0 Å². The summed E-state index contributed by atoms with van der Waals surface area (Å²) in [6.07, 6.45) is 3.15. The van der Waals surface area contributed by atoms with E-state index in [0.29, 0.717) is 24.1 Å². The zero-order valence-corrected chi connectivity index (χ0v) is 13.6. The number of aromatic nitrogens is 3. The monoisotopic (exact) mass is 354 g/mol. The summed E-state index contributed by atoms with van der Waals surface area (Å²) in [5.41, 5.74) is 0.539. The molecule has 1 aliphatic heterocycles. The first-order valence-electron chi connectivity index (χ1n) is 8.03. The fraction of sp³-hybridized carbons (Fsp3) is 0.235. The number of hydrogen-bond donors (Lipinski definition) is 0. The van der Waals surface area contributed by atoms with Crippen LogP contribution in [0.2, 0.25) is 0 Å². The van der Waals surface area contributed by atoms with Gasteiger partial charge in [-0.1, -0.05) is 5.16 Å². The van der Waals surface area contributed by atoms with Gasteiger partial charge in [0.05, 0.1) is 4.92 Å². The molecule has 3 heterocycles. The maximum Gasteiger partial charge on any atom is 0.331 e. The molecule has 1 aliphatic rings. The highest BCUT2D eigenvalue weighted by atomic mass is 16.6. The van der Waals surface area contributed by atoms with Gasteiger partial charge in [-0.3, -0.25) is 10.1 Å². The number of nitrogens with zero attached hydrogens (tertiary/aromatic N) is 4. The van der Waals surface area contributed by atoms with Crippen LogP contribution in [0.25, 0.3) is 11.4 Å². The molecule has 3 aromatic rings. The number of ether oxygens (including phenoxy) is 2. The zero-order valence-electron chi connectivity index (χ0n) is 13.6. The van der Waals surface area contributed by atoms with Gasteiger partial charge < -0.3 is 14.0 Å². The molecule has 1 aromatic carbocycles. The van der Waals surface area contributed by atoms with Crippen molar-refractivity contribution in [2.24, 2.45) is 0 Å². The van der Waals surface area contributed by atoms with Gasteiger partial charge in [0, 0.05) is 24.4 Å². The molecular formula is C17H14N4O5. The van der Waals surface area contributed by atoms with Crippen LogP contribution < -0.4 is 4.74 Å². The van der Waals surface area contributed by atoms with Crippen LogP contribution in [-0.4, -0.2) is 26.7 Å². The number of pyridine rings is 1. The summed E-state index contributed by atoms with van der Waals surface area (Å²) >= 11 is 0. The molecule has 0 spiro atoms. The van der Waals surface area contributed by atoms with E-state index in [1.165, 1.54) is 18.3 Å². The van der Waals surface area contributed by atoms with Gasteiger partial charge in [0.15, 0.2) is 0 Å². The molecule has 4 rings (SSSR count). The van der Waals surface area contributed by atoms with Crippen molar-refractivity contribution in [3.8, 4) is 23.0 Å². The molecule has 0 N–H and O–H groups in total. The van der Waals surface area contributed by atoms with Crippen molar-refractivity contribution in [3.05, 3.63) is 58.6 Å². The van der Waals surface area contributed by atoms with Crippen LogP contribution in [-0.2, 0) is 4.74 Å². The van der Waals surface area contributed by atoms with Crippen molar-refractivity contribution in [3.63, 3.8) is 0 Å². The Balaban J connectivity index is 1.51. The summed E-state index contributed by atoms with van der Waals surface area (Å²) in [6, 6.07) is 9.63. The lowest BCUT2D eigenvalue weighted by Gasteiger charge is -2.05. The molecule has 132 valence electrons. The van der Waals surface area contributed by atoms with Crippen molar-refractivity contribution < 1.29 is 18.9 Å². The Bertz CT molecular complexity index is 919. The second-order valence-electron chi connectivity index (χ2n) is 5.67. The molecule has 0 aliphatic carbocycles. The molecular weight excluding hydrogens is 340 g/mol. The Hall–Kier alpha value is -3.33. The van der Waals surface area contributed by atoms with E-state index in [-0.39, 0.29) is 17.7 Å². The highest BCUT2D eigenvalue weighted by Gasteiger charge is 2.24. The van der Waals surface area contributed by atoms with Crippen molar-refractivity contribution in [2.75, 3.05) is 6.61 Å². The van der Waals surface area contributed by atoms with Gasteiger partial charge >= 0.3 is 5.69 Å². The van der Waals surface area contributed by atoms with Crippen LogP contribution in [0.4, 0.5) is 5.69 Å². The first-order chi connectivity index (χ1) is 12.7. The number of hydrogen-bond acceptors (Lipinski definition) is 8. The maximum absolute atomic E-state index is 11.0. The minimum absolute atomic E-state index is 0.0644. The predicted octanol–water partition coefficient (Wildman–Crippen LogP) is 3.68. The molecule has 2 aromatic heterocycles. The zero-order chi connectivity index (χ0) is 17.9. The molecule has 9 heteroatoms. The van der Waals surface area contributed by atoms with Crippen molar-refractivity contribution in [2.45, 2.75) is 18.9 Å². The summed E-state index contributed by atoms with van der Waals surface area (Å²) in [7, 11) is 0. The molecule has 1 saturated heterocycles. The Kier molecular flexibility index (Phi) is 4.28. The molecule has 0 bridgehead atoms. The quantitative estimate of drug-likeness (QED) is 0.503. The first-order valence-corrected chi connectivity index (χ1v) is 8.03. The summed E-state index contributed by atoms with van der Waals surface area (Å²) in [5.74, 6) is 1.27. The van der Waals surface area contributed by atoms with Gasteiger partial charge in [0.1, 0.15) is 11.9 Å². The Morgan fingerprint density at radius 2 is 2.08 bits per heavy atom. The standard InChI is InChI=1S/C17H14N4O5/c22-21(23)13-3-1-9-18-16(13)25-12-7-5-11(6-8-12)15-19-17(26-20-15)14-4-2-10-24-14/h1,3,5-9,14H,2,4,10H2. The molecule has 1 atom stereocenters. The largest absolute Gasteiger partial charge is 0.434 e. The summed E-state index contributed by atoms with van der Waals surface area (Å²) in [4.78, 5) is 18.7. The highest BCUT2D eigenvalue weighted by Crippen LogP contribution is 2.31. The second kappa shape index (κ2) is 6.89. The Labute approximate surface area is 147 Å². The van der Waals surface area contributed by atoms with Gasteiger partial charge in [-0.05, 0) is 43.2 Å². The number of benzene rings is 1. The minimum atomic E-state index is -0.539. The van der Waals surface area contributed by atoms with Crippen LogP contribution in [0.1, 0.15) is 24.8 Å². The van der Waals surface area contributed by atoms with Crippen LogP contribution in [0.5, 0.6) is 11.6 Å². The lowest BCUT2D eigenvalue weighted by atomic mass is 10.2. The lowest BCUT2D eigenvalue weighted by Crippen LogP contribution is -1.96. The third-order valence-electron chi connectivity index (χ3n) is 3.92. The summed E-state index contributed by atoms with van der Waals surface area (Å²) in [5, 5.41) is 15.0. The predicted molar refractivity (Wildman–Crippen MR) is 88.6 cm³/mol. The van der Waals surface area contributed by atoms with Crippen molar-refractivity contribution >= 4 is 5.69 Å². The summed E-state index contributed by atoms with van der Waals surface area (Å²) < 4.78 is 16.3. The first kappa shape index (κ1) is 16.2. The normalized spacial score (nSPS) is 16.5. The van der Waals surface area contributed by atoms with E-state index in [1.807, 2.05) is 0 Å². The molecule has 0 radical (unpaired) electrons. The molecule has 9 nitrogen and oxygen atoms in total. The summed E-state index contributed by atoms with van der Waals surface area (Å²) in [6.45, 7) is 0.702. The third kappa shape index (κ3) is 3.24. The average molecular weight is 354 g/mol. The van der Waals surface area contributed by atoms with Gasteiger partial charge in [0.25, 0.3) is 11.8 Å². The van der Waals surface area contributed by atoms with Crippen LogP contribution >= 0.6 is 0 Å². The van der Waals surface area contributed by atoms with Crippen LogP contribution in [0.3, 0.4) is 0 Å². The van der Waals surface area contributed by atoms with E-state index in [2.05, 4.69) is 15.1 Å². The highest BCUT2D eigenvalue weighted by molar-refractivity contribution is 5.56. The lowest BCUT2D eigenvalue weighted by molar-refractivity contribution is -0.386. The number of nitro groups is 1. The second-order valence-corrected chi connectivity index (χ2v) is 5.67. The van der Waals surface area contributed by atoms with E-state index >= 15 is 0 Å². The molecule has 1 unspecified atom stereocenters. The average Bonchev–Trinajstić information content (AvgIpc) is 3.34. The van der Waals surface area contributed by atoms with E-state index in [0.717, 1.165) is 18.4 Å². The molecule has 26 heavy (non-hydrogen) atoms. The fourth-order valence-electron chi connectivity index (χ4n) is 2.64. The van der Waals surface area contributed by atoms with Gasteiger partial charge in [0.2, 0.25) is 5.82 Å². The van der Waals surface area contributed by atoms with E-state index in [1.54, 1.807) is 24.3 Å². The smallest absolute Gasteiger partial charge is 0.331 e. The van der Waals surface area contributed by atoms with Crippen molar-refractivity contribution in [1.82, 2.24) is 15.1 Å². The van der Waals surface area contributed by atoms with Gasteiger partial charge in [-0.25, -0.2) is 4.98 Å². The Morgan fingerprint density at radius 1 is 1.23 bits per heavy atom. The molecule has 1 fully saturated rings. The van der Waals surface area contributed by atoms with Crippen LogP contribution in [0.15, 0.2) is 47.1 Å². The van der Waals surface area contributed by atoms with Gasteiger partial charge in [-0.2, -0.15) is 4.98 Å². The van der Waals surface area contributed by atoms with E-state index in [4.69, 9.17) is 14.0 Å². The molecule has 0 amide bonds.